The number of aliphatic hydroxyl groups excluding tert-OH is 1. The Bertz CT molecular complexity index is 389. The fraction of sp³-hybridized carbons (Fsp3) is 0.417. The second kappa shape index (κ2) is 7.25. The molecule has 0 atom stereocenters. The molecule has 0 aromatic heterocycles. The number of allylic oxidation sites excluding steroid dienone is 5. The predicted octanol–water partition coefficient (Wildman–Crippen LogP) is 3.83. The monoisotopic (exact) mass is 218 g/mol. The second-order valence-corrected chi connectivity index (χ2v) is 3.53. The summed E-state index contributed by atoms with van der Waals surface area (Å²) in [5, 5.41) is 26.3. The number of aliphatic hydroxyl groups is 1. The zero-order valence-corrected chi connectivity index (χ0v) is 9.69. The standard InChI is InChI=1S/C12H15N3O/c1-4-9(2)10(3)6-5-7-12(16)11(8-13)15-14/h4H,1,5-7H2,2-3H3/p+1/b10-9+,12-11+. The van der Waals surface area contributed by atoms with Crippen molar-refractivity contribution in [3.05, 3.63) is 40.2 Å². The van der Waals surface area contributed by atoms with Gasteiger partial charge in [-0.05, 0) is 26.7 Å². The van der Waals surface area contributed by atoms with E-state index >= 15 is 0 Å². The summed E-state index contributed by atoms with van der Waals surface area (Å²) in [6, 6.07) is 1.61. The third-order valence-corrected chi connectivity index (χ3v) is 2.42. The molecular weight excluding hydrogens is 202 g/mol. The quantitative estimate of drug-likeness (QED) is 0.330. The lowest BCUT2D eigenvalue weighted by Gasteiger charge is -2.02. The highest BCUT2D eigenvalue weighted by Gasteiger charge is 2.16. The van der Waals surface area contributed by atoms with Crippen molar-refractivity contribution in [3.8, 4) is 6.07 Å². The zero-order chi connectivity index (χ0) is 12.6. The maximum atomic E-state index is 9.38. The molecule has 0 unspecified atom stereocenters. The van der Waals surface area contributed by atoms with E-state index in [4.69, 9.17) is 10.7 Å². The van der Waals surface area contributed by atoms with Gasteiger partial charge < -0.3 is 5.11 Å². The van der Waals surface area contributed by atoms with Gasteiger partial charge in [0.25, 0.3) is 0 Å². The molecule has 0 saturated carbocycles. The van der Waals surface area contributed by atoms with Crippen LogP contribution in [-0.4, -0.2) is 5.11 Å². The lowest BCUT2D eigenvalue weighted by Crippen LogP contribution is -1.89. The van der Waals surface area contributed by atoms with Crippen LogP contribution in [0.5, 0.6) is 0 Å². The van der Waals surface area contributed by atoms with E-state index in [0.29, 0.717) is 12.8 Å². The van der Waals surface area contributed by atoms with Crippen molar-refractivity contribution < 1.29 is 5.11 Å². The molecule has 0 amide bonds. The Morgan fingerprint density at radius 2 is 2.06 bits per heavy atom. The van der Waals surface area contributed by atoms with E-state index in [1.54, 1.807) is 12.1 Å². The normalized spacial score (nSPS) is 13.0. The van der Waals surface area contributed by atoms with Crippen molar-refractivity contribution in [1.82, 2.24) is 0 Å². The summed E-state index contributed by atoms with van der Waals surface area (Å²) in [5.74, 6) is -0.172. The van der Waals surface area contributed by atoms with E-state index in [1.165, 1.54) is 5.57 Å². The van der Waals surface area contributed by atoms with Crippen LogP contribution in [-0.2, 0) is 0 Å². The zero-order valence-electron chi connectivity index (χ0n) is 9.69. The summed E-state index contributed by atoms with van der Waals surface area (Å²) in [6.45, 7) is 7.65. The summed E-state index contributed by atoms with van der Waals surface area (Å²) in [6.07, 6.45) is 3.62. The van der Waals surface area contributed by atoms with Crippen molar-refractivity contribution in [2.24, 2.45) is 0 Å². The van der Waals surface area contributed by atoms with E-state index in [1.807, 2.05) is 13.8 Å². The Kier molecular flexibility index (Phi) is 6.31. The molecule has 0 aliphatic rings. The van der Waals surface area contributed by atoms with E-state index < -0.39 is 0 Å². The highest BCUT2D eigenvalue weighted by atomic mass is 16.3. The van der Waals surface area contributed by atoms with E-state index in [2.05, 4.69) is 11.6 Å². The summed E-state index contributed by atoms with van der Waals surface area (Å²) in [4.78, 5) is 2.70. The average Bonchev–Trinajstić information content (AvgIpc) is 2.29. The topological polar surface area (TPSA) is 72.2 Å². The lowest BCUT2D eigenvalue weighted by molar-refractivity contribution is 0.380. The van der Waals surface area contributed by atoms with Gasteiger partial charge in [0.1, 0.15) is 0 Å². The molecule has 0 spiro atoms. The molecule has 16 heavy (non-hydrogen) atoms. The molecule has 0 saturated heterocycles. The number of hydrogen-bond acceptors (Lipinski definition) is 3. The van der Waals surface area contributed by atoms with E-state index in [-0.39, 0.29) is 11.5 Å². The predicted molar refractivity (Wildman–Crippen MR) is 62.8 cm³/mol. The third kappa shape index (κ3) is 4.43. The van der Waals surface area contributed by atoms with E-state index in [9.17, 15) is 5.11 Å². The molecule has 4 nitrogen and oxygen atoms in total. The summed E-state index contributed by atoms with van der Waals surface area (Å²) in [7, 11) is 0. The van der Waals surface area contributed by atoms with Crippen LogP contribution in [0.2, 0.25) is 0 Å². The Morgan fingerprint density at radius 3 is 2.50 bits per heavy atom. The highest BCUT2D eigenvalue weighted by molar-refractivity contribution is 5.29. The molecule has 0 rings (SSSR count). The molecule has 0 aliphatic carbocycles. The molecule has 0 radical (unpaired) electrons. The minimum atomic E-state index is -0.318. The molecule has 0 fully saturated rings. The first kappa shape index (κ1) is 13.9. The Labute approximate surface area is 95.8 Å². The van der Waals surface area contributed by atoms with Gasteiger partial charge in [-0.1, -0.05) is 23.8 Å². The van der Waals surface area contributed by atoms with Gasteiger partial charge in [-0.25, -0.2) is 0 Å². The average molecular weight is 218 g/mol. The van der Waals surface area contributed by atoms with Gasteiger partial charge in [0, 0.05) is 6.42 Å². The first-order valence-electron chi connectivity index (χ1n) is 5.02. The fourth-order valence-corrected chi connectivity index (χ4v) is 1.16. The number of nitrogens with zero attached hydrogens (tertiary/aromatic N) is 3. The summed E-state index contributed by atoms with van der Waals surface area (Å²) in [5.41, 5.74) is 2.00. The summed E-state index contributed by atoms with van der Waals surface area (Å²) >= 11 is 0. The Hall–Kier alpha value is -2.07. The first-order chi connectivity index (χ1) is 7.56. The van der Waals surface area contributed by atoms with Gasteiger partial charge >= 0.3 is 5.70 Å². The van der Waals surface area contributed by atoms with Gasteiger partial charge in [-0.15, -0.1) is 0 Å². The third-order valence-electron chi connectivity index (χ3n) is 2.42. The largest absolute Gasteiger partial charge is 0.504 e. The number of diazo groups is 1. The van der Waals surface area contributed by atoms with Gasteiger partial charge in [0.2, 0.25) is 11.2 Å². The minimum absolute atomic E-state index is 0.172. The summed E-state index contributed by atoms with van der Waals surface area (Å²) < 4.78 is 0. The molecule has 0 heterocycles. The Morgan fingerprint density at radius 1 is 1.44 bits per heavy atom. The molecule has 4 heteroatoms. The van der Waals surface area contributed by atoms with Crippen LogP contribution in [0.15, 0.2) is 35.3 Å². The van der Waals surface area contributed by atoms with E-state index in [0.717, 1.165) is 12.0 Å². The van der Waals surface area contributed by atoms with Crippen LogP contribution in [0, 0.1) is 16.7 Å². The van der Waals surface area contributed by atoms with Crippen molar-refractivity contribution >= 4 is 0 Å². The van der Waals surface area contributed by atoms with Crippen molar-refractivity contribution in [2.75, 3.05) is 0 Å². The van der Waals surface area contributed by atoms with Crippen molar-refractivity contribution in [1.29, 1.82) is 10.7 Å². The van der Waals surface area contributed by atoms with Crippen LogP contribution in [0.1, 0.15) is 33.1 Å². The smallest absolute Gasteiger partial charge is 0.497 e. The fourth-order valence-electron chi connectivity index (χ4n) is 1.16. The van der Waals surface area contributed by atoms with Crippen LogP contribution in [0.25, 0.3) is 4.98 Å². The molecule has 1 N–H and O–H groups in total. The van der Waals surface area contributed by atoms with Crippen LogP contribution in [0.3, 0.4) is 0 Å². The molecule has 0 bridgehead atoms. The van der Waals surface area contributed by atoms with Gasteiger partial charge in [0.15, 0.2) is 11.0 Å². The van der Waals surface area contributed by atoms with Crippen molar-refractivity contribution in [3.63, 3.8) is 0 Å². The highest BCUT2D eigenvalue weighted by Crippen LogP contribution is 2.16. The maximum absolute atomic E-state index is 9.38. The molecule has 0 aromatic carbocycles. The van der Waals surface area contributed by atoms with Crippen LogP contribution < -0.4 is 0 Å². The van der Waals surface area contributed by atoms with Crippen LogP contribution >= 0.6 is 0 Å². The first-order valence-corrected chi connectivity index (χ1v) is 5.02. The van der Waals surface area contributed by atoms with Gasteiger partial charge in [0.05, 0.1) is 0 Å². The van der Waals surface area contributed by atoms with Gasteiger partial charge in [-0.3, -0.25) is 0 Å². The van der Waals surface area contributed by atoms with Crippen molar-refractivity contribution in [2.45, 2.75) is 33.1 Å². The van der Waals surface area contributed by atoms with Gasteiger partial charge in [-0.2, -0.15) is 5.26 Å². The molecule has 0 aromatic rings. The lowest BCUT2D eigenvalue weighted by atomic mass is 10.0. The number of rotatable bonds is 5. The second-order valence-electron chi connectivity index (χ2n) is 3.53. The SMILES string of the molecule is C=C/C(C)=C(\C)CCC/C(O)=C(/C#N)[N+]#N. The maximum Gasteiger partial charge on any atom is 0.497 e. The van der Waals surface area contributed by atoms with Crippen LogP contribution in [0.4, 0.5) is 0 Å². The molecule has 0 aliphatic heterocycles. The Balaban J connectivity index is 4.32. The number of hydrogen-bond donors (Lipinski definition) is 1. The number of nitriles is 1. The molecular formula is C12H16N3O+. The minimum Gasteiger partial charge on any atom is -0.504 e. The molecule has 84 valence electrons.